The molecule has 20 heavy (non-hydrogen) atoms. The van der Waals surface area contributed by atoms with Gasteiger partial charge in [-0.15, -0.1) is 0 Å². The Morgan fingerprint density at radius 3 is 2.65 bits per heavy atom. The molecule has 2 aromatic rings. The fourth-order valence-electron chi connectivity index (χ4n) is 2.78. The second-order valence-electron chi connectivity index (χ2n) is 5.06. The third-order valence-electron chi connectivity index (χ3n) is 3.86. The normalized spacial score (nSPS) is 19.7. The topological polar surface area (TPSA) is 29.5 Å². The van der Waals surface area contributed by atoms with Crippen LogP contribution in [0, 0.1) is 0 Å². The van der Waals surface area contributed by atoms with Gasteiger partial charge in [0.25, 0.3) is 0 Å². The molecule has 0 spiro atoms. The summed E-state index contributed by atoms with van der Waals surface area (Å²) in [6.45, 7) is 0. The van der Waals surface area contributed by atoms with Crippen molar-refractivity contribution in [2.45, 2.75) is 18.9 Å². The van der Waals surface area contributed by atoms with Crippen LogP contribution in [0.1, 0.15) is 29.2 Å². The van der Waals surface area contributed by atoms with E-state index in [1.807, 2.05) is 42.5 Å². The Kier molecular flexibility index (Phi) is 3.57. The van der Waals surface area contributed by atoms with Crippen molar-refractivity contribution in [3.05, 3.63) is 70.8 Å². The molecule has 2 nitrogen and oxygen atoms in total. The summed E-state index contributed by atoms with van der Waals surface area (Å²) >= 11 is 0. The quantitative estimate of drug-likeness (QED) is 0.896. The molecule has 1 N–H and O–H groups in total. The van der Waals surface area contributed by atoms with Gasteiger partial charge in [-0.3, -0.25) is 0 Å². The number of rotatable bonds is 2. The van der Waals surface area contributed by atoms with Gasteiger partial charge in [0, 0.05) is 5.56 Å². The number of aliphatic hydroxyl groups excluding tert-OH is 1. The lowest BCUT2D eigenvalue weighted by Gasteiger charge is -2.24. The molecule has 0 radical (unpaired) electrons. The number of fused-ring (bicyclic) bond motifs is 1. The molecule has 0 saturated heterocycles. The highest BCUT2D eigenvalue weighted by Crippen LogP contribution is 2.35. The van der Waals surface area contributed by atoms with Crippen LogP contribution in [0.15, 0.2) is 54.1 Å². The Morgan fingerprint density at radius 2 is 1.80 bits per heavy atom. The first-order chi connectivity index (χ1) is 9.79. The molecule has 2 heteroatoms. The third kappa shape index (κ3) is 2.35. The predicted octanol–water partition coefficient (Wildman–Crippen LogP) is 3.76. The average molecular weight is 266 g/mol. The summed E-state index contributed by atoms with van der Waals surface area (Å²) in [6, 6.07) is 16.0. The smallest absolute Gasteiger partial charge is 0.126 e. The molecule has 2 aromatic carbocycles. The summed E-state index contributed by atoms with van der Waals surface area (Å²) < 4.78 is 5.37. The number of para-hydroxylation sites is 1. The zero-order valence-corrected chi connectivity index (χ0v) is 11.5. The van der Waals surface area contributed by atoms with Gasteiger partial charge in [0.05, 0.1) is 7.11 Å². The van der Waals surface area contributed by atoms with Crippen LogP contribution in [0.2, 0.25) is 0 Å². The predicted molar refractivity (Wildman–Crippen MR) is 80.7 cm³/mol. The van der Waals surface area contributed by atoms with Gasteiger partial charge in [0.1, 0.15) is 11.9 Å². The van der Waals surface area contributed by atoms with Crippen molar-refractivity contribution in [1.29, 1.82) is 0 Å². The highest BCUT2D eigenvalue weighted by atomic mass is 16.5. The number of ether oxygens (including phenoxy) is 1. The molecular formula is C18H18O2. The molecular weight excluding hydrogens is 248 g/mol. The summed E-state index contributed by atoms with van der Waals surface area (Å²) in [5, 5.41) is 10.5. The van der Waals surface area contributed by atoms with Crippen LogP contribution in [0.3, 0.4) is 0 Å². The summed E-state index contributed by atoms with van der Waals surface area (Å²) in [7, 11) is 1.67. The second-order valence-corrected chi connectivity index (χ2v) is 5.06. The first kappa shape index (κ1) is 12.9. The molecule has 0 aliphatic heterocycles. The molecule has 0 amide bonds. The van der Waals surface area contributed by atoms with Gasteiger partial charge in [-0.2, -0.15) is 0 Å². The maximum absolute atomic E-state index is 10.5. The SMILES string of the molecule is COc1ccccc1/C=C1\CCc2ccccc2C1O. The zero-order chi connectivity index (χ0) is 13.9. The van der Waals surface area contributed by atoms with Crippen LogP contribution in [0.4, 0.5) is 0 Å². The van der Waals surface area contributed by atoms with Crippen molar-refractivity contribution in [2.24, 2.45) is 0 Å². The van der Waals surface area contributed by atoms with Gasteiger partial charge in [0.15, 0.2) is 0 Å². The van der Waals surface area contributed by atoms with Crippen LogP contribution in [0.5, 0.6) is 5.75 Å². The maximum atomic E-state index is 10.5. The van der Waals surface area contributed by atoms with E-state index in [4.69, 9.17) is 4.74 Å². The van der Waals surface area contributed by atoms with E-state index in [-0.39, 0.29) is 0 Å². The Hall–Kier alpha value is -2.06. The van der Waals surface area contributed by atoms with E-state index in [1.165, 1.54) is 5.56 Å². The number of aliphatic hydroxyl groups is 1. The molecule has 1 aliphatic carbocycles. The van der Waals surface area contributed by atoms with Crippen molar-refractivity contribution in [1.82, 2.24) is 0 Å². The van der Waals surface area contributed by atoms with Crippen LogP contribution in [-0.4, -0.2) is 12.2 Å². The number of benzene rings is 2. The van der Waals surface area contributed by atoms with E-state index in [1.54, 1.807) is 7.11 Å². The maximum Gasteiger partial charge on any atom is 0.126 e. The van der Waals surface area contributed by atoms with Crippen molar-refractivity contribution in [3.8, 4) is 5.75 Å². The number of aryl methyl sites for hydroxylation is 1. The Bertz CT molecular complexity index is 643. The lowest BCUT2D eigenvalue weighted by atomic mass is 9.85. The molecule has 0 fully saturated rings. The van der Waals surface area contributed by atoms with E-state index in [2.05, 4.69) is 12.1 Å². The number of hydrogen-bond acceptors (Lipinski definition) is 2. The van der Waals surface area contributed by atoms with Crippen molar-refractivity contribution in [3.63, 3.8) is 0 Å². The van der Waals surface area contributed by atoms with Gasteiger partial charge >= 0.3 is 0 Å². The minimum atomic E-state index is -0.509. The molecule has 3 rings (SSSR count). The average Bonchev–Trinajstić information content (AvgIpc) is 2.51. The van der Waals surface area contributed by atoms with Crippen molar-refractivity contribution < 1.29 is 9.84 Å². The van der Waals surface area contributed by atoms with Gasteiger partial charge in [0.2, 0.25) is 0 Å². The van der Waals surface area contributed by atoms with E-state index >= 15 is 0 Å². The molecule has 102 valence electrons. The highest BCUT2D eigenvalue weighted by molar-refractivity contribution is 5.62. The molecule has 0 saturated carbocycles. The summed E-state index contributed by atoms with van der Waals surface area (Å²) in [5.41, 5.74) is 4.34. The molecule has 0 heterocycles. The van der Waals surface area contributed by atoms with E-state index in [0.29, 0.717) is 0 Å². The number of methoxy groups -OCH3 is 1. The summed E-state index contributed by atoms with van der Waals surface area (Å²) in [6.07, 6.45) is 3.41. The van der Waals surface area contributed by atoms with E-state index in [0.717, 1.165) is 35.3 Å². The van der Waals surface area contributed by atoms with E-state index in [9.17, 15) is 5.11 Å². The fourth-order valence-corrected chi connectivity index (χ4v) is 2.78. The van der Waals surface area contributed by atoms with Crippen LogP contribution >= 0.6 is 0 Å². The van der Waals surface area contributed by atoms with Crippen molar-refractivity contribution >= 4 is 6.08 Å². The third-order valence-corrected chi connectivity index (χ3v) is 3.86. The molecule has 1 aliphatic rings. The Balaban J connectivity index is 1.98. The van der Waals surface area contributed by atoms with Gasteiger partial charge in [-0.05, 0) is 41.7 Å². The largest absolute Gasteiger partial charge is 0.496 e. The molecule has 0 bridgehead atoms. The monoisotopic (exact) mass is 266 g/mol. The first-order valence-corrected chi connectivity index (χ1v) is 6.89. The first-order valence-electron chi connectivity index (χ1n) is 6.89. The Labute approximate surface area is 119 Å². The second kappa shape index (κ2) is 5.51. The number of hydrogen-bond donors (Lipinski definition) is 1. The van der Waals surface area contributed by atoms with Crippen LogP contribution in [-0.2, 0) is 6.42 Å². The van der Waals surface area contributed by atoms with Gasteiger partial charge in [-0.1, -0.05) is 42.5 Å². The lowest BCUT2D eigenvalue weighted by molar-refractivity contribution is 0.206. The fraction of sp³-hybridized carbons (Fsp3) is 0.222. The van der Waals surface area contributed by atoms with Crippen LogP contribution in [0.25, 0.3) is 6.08 Å². The molecule has 1 atom stereocenters. The summed E-state index contributed by atoms with van der Waals surface area (Å²) in [4.78, 5) is 0. The van der Waals surface area contributed by atoms with Crippen LogP contribution < -0.4 is 4.74 Å². The molecule has 0 aromatic heterocycles. The standard InChI is InChI=1S/C18H18O2/c1-20-17-9-5-3-7-14(17)12-15-11-10-13-6-2-4-8-16(13)18(15)19/h2-9,12,18-19H,10-11H2,1H3/b15-12+. The minimum Gasteiger partial charge on any atom is -0.496 e. The van der Waals surface area contributed by atoms with Gasteiger partial charge in [-0.25, -0.2) is 0 Å². The minimum absolute atomic E-state index is 0.509. The van der Waals surface area contributed by atoms with Crippen molar-refractivity contribution in [2.75, 3.05) is 7.11 Å². The van der Waals surface area contributed by atoms with Gasteiger partial charge < -0.3 is 9.84 Å². The zero-order valence-electron chi connectivity index (χ0n) is 11.5. The lowest BCUT2D eigenvalue weighted by Crippen LogP contribution is -2.12. The Morgan fingerprint density at radius 1 is 1.05 bits per heavy atom. The van der Waals surface area contributed by atoms with E-state index < -0.39 is 6.10 Å². The summed E-state index contributed by atoms with van der Waals surface area (Å²) in [5.74, 6) is 0.839. The molecule has 1 unspecified atom stereocenters. The highest BCUT2D eigenvalue weighted by Gasteiger charge is 2.22.